The molecular formula is C21H30N5O5+. The first-order chi connectivity index (χ1) is 14.7. The number of amides is 3. The summed E-state index contributed by atoms with van der Waals surface area (Å²) in [6, 6.07) is 4.43. The smallest absolute Gasteiger partial charge is 0.390 e. The van der Waals surface area contributed by atoms with Gasteiger partial charge in [0, 0.05) is 27.1 Å². The van der Waals surface area contributed by atoms with E-state index in [4.69, 9.17) is 9.84 Å². The molecule has 10 nitrogen and oxygen atoms in total. The van der Waals surface area contributed by atoms with Crippen molar-refractivity contribution in [1.82, 2.24) is 15.1 Å². The van der Waals surface area contributed by atoms with E-state index in [1.165, 1.54) is 11.9 Å². The number of carbonyl (C=O) groups is 2. The Balaban J connectivity index is 1.76. The van der Waals surface area contributed by atoms with Crippen molar-refractivity contribution in [3.63, 3.8) is 0 Å². The lowest BCUT2D eigenvalue weighted by molar-refractivity contribution is -0.545. The van der Waals surface area contributed by atoms with E-state index in [9.17, 15) is 14.7 Å². The van der Waals surface area contributed by atoms with E-state index in [-0.39, 0.29) is 19.8 Å². The fourth-order valence-corrected chi connectivity index (χ4v) is 3.49. The fraction of sp³-hybridized carbons (Fsp3) is 0.524. The van der Waals surface area contributed by atoms with Gasteiger partial charge in [-0.25, -0.2) is 9.37 Å². The molecule has 10 heteroatoms. The van der Waals surface area contributed by atoms with Crippen LogP contribution in [0.3, 0.4) is 0 Å². The topological polar surface area (TPSA) is 118 Å². The lowest BCUT2D eigenvalue weighted by Gasteiger charge is -2.32. The number of aliphatic imine (C=N–C) groups is 1. The molecule has 0 spiro atoms. The summed E-state index contributed by atoms with van der Waals surface area (Å²) >= 11 is 0. The molecule has 0 aliphatic carbocycles. The second-order valence-electron chi connectivity index (χ2n) is 7.80. The molecule has 1 aromatic carbocycles. The van der Waals surface area contributed by atoms with Crippen molar-refractivity contribution in [2.45, 2.75) is 32.4 Å². The third kappa shape index (κ3) is 4.70. The number of carbonyl (C=O) groups excluding carboxylic acids is 2. The van der Waals surface area contributed by atoms with Crippen LogP contribution in [0.1, 0.15) is 17.5 Å². The van der Waals surface area contributed by atoms with Gasteiger partial charge in [-0.1, -0.05) is 11.1 Å². The molecule has 3 rings (SSSR count). The quantitative estimate of drug-likeness (QED) is 0.383. The Morgan fingerprint density at radius 1 is 1.23 bits per heavy atom. The Bertz CT molecular complexity index is 929. The van der Waals surface area contributed by atoms with E-state index in [2.05, 4.69) is 10.3 Å². The van der Waals surface area contributed by atoms with Crippen LogP contribution < -0.4 is 10.1 Å². The van der Waals surface area contributed by atoms with E-state index in [0.717, 1.165) is 16.0 Å². The minimum Gasteiger partial charge on any atom is -0.491 e. The first kappa shape index (κ1) is 22.7. The van der Waals surface area contributed by atoms with Crippen molar-refractivity contribution in [3.05, 3.63) is 29.3 Å². The van der Waals surface area contributed by atoms with E-state index < -0.39 is 24.1 Å². The zero-order valence-corrected chi connectivity index (χ0v) is 18.3. The number of nitrogens with one attached hydrogen (secondary N) is 1. The maximum Gasteiger partial charge on any atom is 0.390 e. The van der Waals surface area contributed by atoms with Crippen molar-refractivity contribution in [2.24, 2.45) is 4.99 Å². The van der Waals surface area contributed by atoms with E-state index in [1.807, 2.05) is 32.0 Å². The number of hydrogen-bond acceptors (Lipinski definition) is 7. The third-order valence-electron chi connectivity index (χ3n) is 5.48. The Morgan fingerprint density at radius 2 is 1.97 bits per heavy atom. The highest BCUT2D eigenvalue weighted by molar-refractivity contribution is 6.22. The Labute approximate surface area is 181 Å². The molecule has 1 saturated heterocycles. The van der Waals surface area contributed by atoms with E-state index in [1.54, 1.807) is 11.6 Å². The van der Waals surface area contributed by atoms with Crippen molar-refractivity contribution < 1.29 is 29.1 Å². The van der Waals surface area contributed by atoms with Crippen molar-refractivity contribution in [3.8, 4) is 5.75 Å². The van der Waals surface area contributed by atoms with Crippen LogP contribution in [0, 0.1) is 13.8 Å². The van der Waals surface area contributed by atoms with Gasteiger partial charge < -0.3 is 14.9 Å². The fourth-order valence-electron chi connectivity index (χ4n) is 3.49. The number of amidine groups is 1. The number of likely N-dealkylation sites (N-methyl/N-ethyl adjacent to an activating group) is 2. The number of benzene rings is 1. The largest absolute Gasteiger partial charge is 0.491 e. The van der Waals surface area contributed by atoms with Gasteiger partial charge in [-0.2, -0.15) is 0 Å². The molecule has 168 valence electrons. The number of imide groups is 1. The molecule has 2 aliphatic rings. The Morgan fingerprint density at radius 3 is 2.65 bits per heavy atom. The predicted molar refractivity (Wildman–Crippen MR) is 114 cm³/mol. The first-order valence-electron chi connectivity index (χ1n) is 10.2. The number of aliphatic hydroxyl groups excluding tert-OH is 2. The lowest BCUT2D eigenvalue weighted by Crippen LogP contribution is -2.62. The summed E-state index contributed by atoms with van der Waals surface area (Å²) in [6.45, 7) is 4.55. The molecule has 2 aliphatic heterocycles. The van der Waals surface area contributed by atoms with Crippen LogP contribution in [0.5, 0.6) is 5.75 Å². The van der Waals surface area contributed by atoms with Gasteiger partial charge in [0.05, 0.1) is 13.1 Å². The molecule has 0 bridgehead atoms. The summed E-state index contributed by atoms with van der Waals surface area (Å²) in [5.41, 5.74) is 2.25. The number of aryl methyl sites for hydroxylation is 2. The minimum absolute atomic E-state index is 0.00671. The van der Waals surface area contributed by atoms with Crippen LogP contribution in [0.2, 0.25) is 0 Å². The molecule has 1 aromatic rings. The van der Waals surface area contributed by atoms with Crippen LogP contribution in [-0.2, 0) is 4.79 Å². The van der Waals surface area contributed by atoms with Gasteiger partial charge in [0.1, 0.15) is 18.5 Å². The highest BCUT2D eigenvalue weighted by atomic mass is 16.5. The number of β-amino-alcohol motifs (C(OH)–C–C–N with tert-alkyl or cyclic N) is 1. The summed E-state index contributed by atoms with van der Waals surface area (Å²) in [7, 11) is 2.98. The Hall–Kier alpha value is -2.98. The monoisotopic (exact) mass is 432 g/mol. The van der Waals surface area contributed by atoms with Gasteiger partial charge >= 0.3 is 12.0 Å². The van der Waals surface area contributed by atoms with Crippen molar-refractivity contribution in [1.29, 1.82) is 0 Å². The third-order valence-corrected chi connectivity index (χ3v) is 5.48. The van der Waals surface area contributed by atoms with Gasteiger partial charge in [-0.15, -0.1) is 0 Å². The lowest BCUT2D eigenvalue weighted by atomic mass is 10.1. The number of nitrogens with zero attached hydrogens (tertiary/aromatic N) is 4. The Kier molecular flexibility index (Phi) is 6.91. The number of fused-ring (bicyclic) bond motifs is 1. The molecule has 3 amide bonds. The average Bonchev–Trinajstić information content (AvgIpc) is 3.10. The van der Waals surface area contributed by atoms with Gasteiger partial charge in [-0.05, 0) is 37.1 Å². The van der Waals surface area contributed by atoms with Crippen LogP contribution >= 0.6 is 0 Å². The van der Waals surface area contributed by atoms with Crippen molar-refractivity contribution >= 4 is 23.7 Å². The zero-order chi connectivity index (χ0) is 22.7. The molecule has 31 heavy (non-hydrogen) atoms. The zero-order valence-electron chi connectivity index (χ0n) is 18.3. The molecule has 0 saturated carbocycles. The molecule has 0 radical (unpaired) electrons. The standard InChI is InChI=1S/C21H29N5O5/c1-13-6-7-16(10-14(13)2)31-12-15(28)11-26-17-18(23-20(26)22-8-5-9-27)24(3)21(30)25(4)19(17)29/h6-7,10,15,17,27-28H,5,8-9,11-12H2,1-4H3/p+1. The summed E-state index contributed by atoms with van der Waals surface area (Å²) in [5, 5.41) is 22.8. The average molecular weight is 433 g/mol. The number of ether oxygens (including phenoxy) is 1. The summed E-state index contributed by atoms with van der Waals surface area (Å²) in [5.74, 6) is 0.927. The van der Waals surface area contributed by atoms with Crippen LogP contribution in [0.15, 0.2) is 23.2 Å². The summed E-state index contributed by atoms with van der Waals surface area (Å²) in [6.07, 6.45) is -0.416. The molecule has 3 N–H and O–H groups in total. The number of rotatable bonds is 8. The molecule has 0 aromatic heterocycles. The molecule has 1 fully saturated rings. The number of hydrogen-bond donors (Lipinski definition) is 3. The van der Waals surface area contributed by atoms with Gasteiger partial charge in [0.25, 0.3) is 5.91 Å². The maximum atomic E-state index is 12.8. The van der Waals surface area contributed by atoms with E-state index >= 15 is 0 Å². The van der Waals surface area contributed by atoms with Crippen LogP contribution in [0.25, 0.3) is 0 Å². The second-order valence-corrected chi connectivity index (χ2v) is 7.80. The highest BCUT2D eigenvalue weighted by Gasteiger charge is 2.51. The first-order valence-corrected chi connectivity index (χ1v) is 10.2. The van der Waals surface area contributed by atoms with Gasteiger partial charge in [-0.3, -0.25) is 19.9 Å². The predicted octanol–water partition coefficient (Wildman–Crippen LogP) is -0.312. The number of urea groups is 1. The molecule has 2 atom stereocenters. The molecule has 2 unspecified atom stereocenters. The second kappa shape index (κ2) is 9.44. The van der Waals surface area contributed by atoms with Crippen LogP contribution in [0.4, 0.5) is 4.79 Å². The number of guanidine groups is 1. The van der Waals surface area contributed by atoms with Gasteiger partial charge in [0.15, 0.2) is 0 Å². The normalized spacial score (nSPS) is 19.5. The van der Waals surface area contributed by atoms with Gasteiger partial charge in [0.2, 0.25) is 11.9 Å². The summed E-state index contributed by atoms with van der Waals surface area (Å²) < 4.78 is 7.37. The molecule has 2 heterocycles. The van der Waals surface area contributed by atoms with Crippen molar-refractivity contribution in [2.75, 3.05) is 40.4 Å². The van der Waals surface area contributed by atoms with E-state index in [0.29, 0.717) is 30.5 Å². The number of aliphatic hydroxyl groups is 2. The molecular weight excluding hydrogens is 402 g/mol. The highest BCUT2D eigenvalue weighted by Crippen LogP contribution is 2.20. The maximum absolute atomic E-state index is 12.8. The minimum atomic E-state index is -0.910. The summed E-state index contributed by atoms with van der Waals surface area (Å²) in [4.78, 5) is 31.9. The van der Waals surface area contributed by atoms with Crippen LogP contribution in [-0.4, -0.2) is 101 Å². The SMILES string of the molecule is Cc1ccc(OCC(O)C[N+]2=C(NCCCO)N=C3C2C(=O)N(C)C(=O)N3C)cc1C.